The van der Waals surface area contributed by atoms with Crippen molar-refractivity contribution in [3.05, 3.63) is 35.4 Å². The van der Waals surface area contributed by atoms with Crippen molar-refractivity contribution in [1.29, 1.82) is 0 Å². The van der Waals surface area contributed by atoms with E-state index in [1.807, 2.05) is 36.6 Å². The number of hydrogen-bond donors (Lipinski definition) is 0. The third-order valence-corrected chi connectivity index (χ3v) is 2.58. The van der Waals surface area contributed by atoms with Crippen molar-refractivity contribution in [3.8, 4) is 0 Å². The van der Waals surface area contributed by atoms with Crippen LogP contribution in [-0.2, 0) is 0 Å². The van der Waals surface area contributed by atoms with Crippen LogP contribution in [0.25, 0.3) is 5.52 Å². The topological polar surface area (TPSA) is 37.6 Å². The lowest BCUT2D eigenvalue weighted by Crippen LogP contribution is -2.22. The van der Waals surface area contributed by atoms with E-state index in [0.717, 1.165) is 16.9 Å². The summed E-state index contributed by atoms with van der Waals surface area (Å²) in [6, 6.07) is 3.99. The predicted molar refractivity (Wildman–Crippen MR) is 62.7 cm³/mol. The molecule has 0 bridgehead atoms. The summed E-state index contributed by atoms with van der Waals surface area (Å²) in [5.41, 5.74) is 2.52. The standard InChI is InChI=1S/C12H15N3O/c1-8-5-6-15-9(2)13-11(10(15)7-8)12(16)14(3)4/h5-7H,1-4H3. The summed E-state index contributed by atoms with van der Waals surface area (Å²) in [5.74, 6) is 0.774. The number of pyridine rings is 1. The number of hydrogen-bond acceptors (Lipinski definition) is 2. The minimum absolute atomic E-state index is 0.0591. The largest absolute Gasteiger partial charge is 0.343 e. The highest BCUT2D eigenvalue weighted by Gasteiger charge is 2.16. The molecule has 2 rings (SSSR count). The van der Waals surface area contributed by atoms with Crippen molar-refractivity contribution in [3.63, 3.8) is 0 Å². The van der Waals surface area contributed by atoms with E-state index in [1.165, 1.54) is 0 Å². The SMILES string of the molecule is Cc1ccn2c(C)nc(C(=O)N(C)C)c2c1. The van der Waals surface area contributed by atoms with Crippen LogP contribution in [0.15, 0.2) is 18.3 Å². The van der Waals surface area contributed by atoms with Crippen LogP contribution < -0.4 is 0 Å². The third-order valence-electron chi connectivity index (χ3n) is 2.58. The molecule has 16 heavy (non-hydrogen) atoms. The summed E-state index contributed by atoms with van der Waals surface area (Å²) in [6.07, 6.45) is 1.94. The van der Waals surface area contributed by atoms with E-state index in [0.29, 0.717) is 5.69 Å². The Hall–Kier alpha value is -1.84. The Morgan fingerprint density at radius 3 is 2.69 bits per heavy atom. The maximum absolute atomic E-state index is 11.9. The number of carbonyl (C=O) groups is 1. The van der Waals surface area contributed by atoms with Gasteiger partial charge in [-0.3, -0.25) is 4.79 Å². The number of aryl methyl sites for hydroxylation is 2. The van der Waals surface area contributed by atoms with Gasteiger partial charge in [0, 0.05) is 20.3 Å². The van der Waals surface area contributed by atoms with E-state index in [9.17, 15) is 4.79 Å². The number of carbonyl (C=O) groups excluding carboxylic acids is 1. The normalized spacial score (nSPS) is 10.8. The van der Waals surface area contributed by atoms with Crippen LogP contribution in [-0.4, -0.2) is 34.3 Å². The van der Waals surface area contributed by atoms with Gasteiger partial charge >= 0.3 is 0 Å². The van der Waals surface area contributed by atoms with Gasteiger partial charge in [0.2, 0.25) is 0 Å². The Morgan fingerprint density at radius 2 is 2.06 bits per heavy atom. The molecule has 0 N–H and O–H groups in total. The molecule has 2 aromatic rings. The van der Waals surface area contributed by atoms with E-state index in [2.05, 4.69) is 4.98 Å². The number of nitrogens with zero attached hydrogens (tertiary/aromatic N) is 3. The molecule has 0 aliphatic heterocycles. The molecule has 0 aromatic carbocycles. The Balaban J connectivity index is 2.71. The van der Waals surface area contributed by atoms with Crippen LogP contribution in [0.5, 0.6) is 0 Å². The first kappa shape index (κ1) is 10.7. The molecule has 1 amide bonds. The molecular formula is C12H15N3O. The van der Waals surface area contributed by atoms with Gasteiger partial charge in [-0.15, -0.1) is 0 Å². The number of amides is 1. The highest BCUT2D eigenvalue weighted by Crippen LogP contribution is 2.15. The van der Waals surface area contributed by atoms with Crippen LogP contribution in [0.2, 0.25) is 0 Å². The van der Waals surface area contributed by atoms with Crippen molar-refractivity contribution in [2.75, 3.05) is 14.1 Å². The van der Waals surface area contributed by atoms with E-state index in [-0.39, 0.29) is 5.91 Å². The fraction of sp³-hybridized carbons (Fsp3) is 0.333. The minimum atomic E-state index is -0.0591. The smallest absolute Gasteiger partial charge is 0.274 e. The summed E-state index contributed by atoms with van der Waals surface area (Å²) in [5, 5.41) is 0. The molecule has 2 heterocycles. The maximum atomic E-state index is 11.9. The molecular weight excluding hydrogens is 202 g/mol. The van der Waals surface area contributed by atoms with Gasteiger partial charge < -0.3 is 9.30 Å². The zero-order valence-electron chi connectivity index (χ0n) is 9.98. The lowest BCUT2D eigenvalue weighted by atomic mass is 10.2. The Labute approximate surface area is 94.5 Å². The molecule has 0 unspecified atom stereocenters. The fourth-order valence-electron chi connectivity index (χ4n) is 1.71. The Kier molecular flexibility index (Phi) is 2.42. The first-order valence-corrected chi connectivity index (χ1v) is 5.17. The van der Waals surface area contributed by atoms with Gasteiger partial charge in [-0.2, -0.15) is 0 Å². The van der Waals surface area contributed by atoms with Gasteiger partial charge in [0.1, 0.15) is 5.82 Å². The predicted octanol–water partition coefficient (Wildman–Crippen LogP) is 1.65. The lowest BCUT2D eigenvalue weighted by molar-refractivity contribution is 0.0824. The van der Waals surface area contributed by atoms with Crippen LogP contribution in [0.1, 0.15) is 21.9 Å². The van der Waals surface area contributed by atoms with Crippen molar-refractivity contribution >= 4 is 11.4 Å². The molecule has 0 saturated carbocycles. The van der Waals surface area contributed by atoms with Crippen LogP contribution in [0.4, 0.5) is 0 Å². The molecule has 0 radical (unpaired) electrons. The summed E-state index contributed by atoms with van der Waals surface area (Å²) < 4.78 is 1.93. The summed E-state index contributed by atoms with van der Waals surface area (Å²) in [6.45, 7) is 3.90. The number of aromatic nitrogens is 2. The molecule has 0 aliphatic rings. The van der Waals surface area contributed by atoms with E-state index < -0.39 is 0 Å². The van der Waals surface area contributed by atoms with Gasteiger partial charge in [0.15, 0.2) is 5.69 Å². The molecule has 4 heteroatoms. The first-order chi connectivity index (χ1) is 7.50. The monoisotopic (exact) mass is 217 g/mol. The van der Waals surface area contributed by atoms with E-state index in [4.69, 9.17) is 0 Å². The zero-order chi connectivity index (χ0) is 11.9. The summed E-state index contributed by atoms with van der Waals surface area (Å²) in [4.78, 5) is 17.8. The molecule has 84 valence electrons. The Bertz CT molecular complexity index is 555. The van der Waals surface area contributed by atoms with Gasteiger partial charge in [-0.1, -0.05) is 0 Å². The van der Waals surface area contributed by atoms with Crippen molar-refractivity contribution in [2.24, 2.45) is 0 Å². The molecule has 0 fully saturated rings. The first-order valence-electron chi connectivity index (χ1n) is 5.17. The second-order valence-corrected chi connectivity index (χ2v) is 4.17. The third kappa shape index (κ3) is 1.56. The average molecular weight is 217 g/mol. The minimum Gasteiger partial charge on any atom is -0.343 e. The number of fused-ring (bicyclic) bond motifs is 1. The average Bonchev–Trinajstić information content (AvgIpc) is 2.54. The van der Waals surface area contributed by atoms with Gasteiger partial charge in [-0.25, -0.2) is 4.98 Å². The number of rotatable bonds is 1. The van der Waals surface area contributed by atoms with Gasteiger partial charge in [0.05, 0.1) is 5.52 Å². The zero-order valence-corrected chi connectivity index (χ0v) is 9.98. The summed E-state index contributed by atoms with van der Waals surface area (Å²) >= 11 is 0. The quantitative estimate of drug-likeness (QED) is 0.728. The van der Waals surface area contributed by atoms with Crippen molar-refractivity contribution < 1.29 is 4.79 Å². The van der Waals surface area contributed by atoms with Crippen LogP contribution in [0.3, 0.4) is 0 Å². The molecule has 0 spiro atoms. The highest BCUT2D eigenvalue weighted by atomic mass is 16.2. The van der Waals surface area contributed by atoms with Crippen molar-refractivity contribution in [2.45, 2.75) is 13.8 Å². The molecule has 2 aromatic heterocycles. The van der Waals surface area contributed by atoms with Gasteiger partial charge in [-0.05, 0) is 31.5 Å². The molecule has 0 atom stereocenters. The van der Waals surface area contributed by atoms with Crippen LogP contribution in [0, 0.1) is 13.8 Å². The van der Waals surface area contributed by atoms with E-state index in [1.54, 1.807) is 19.0 Å². The second kappa shape index (κ2) is 3.63. The maximum Gasteiger partial charge on any atom is 0.274 e. The molecule has 0 saturated heterocycles. The Morgan fingerprint density at radius 1 is 1.38 bits per heavy atom. The fourth-order valence-corrected chi connectivity index (χ4v) is 1.71. The lowest BCUT2D eigenvalue weighted by Gasteiger charge is -2.07. The van der Waals surface area contributed by atoms with Crippen LogP contribution >= 0.6 is 0 Å². The summed E-state index contributed by atoms with van der Waals surface area (Å²) in [7, 11) is 3.47. The number of imidazole rings is 1. The van der Waals surface area contributed by atoms with E-state index >= 15 is 0 Å². The molecule has 0 aliphatic carbocycles. The van der Waals surface area contributed by atoms with Gasteiger partial charge in [0.25, 0.3) is 5.91 Å². The molecule has 4 nitrogen and oxygen atoms in total. The second-order valence-electron chi connectivity index (χ2n) is 4.17. The highest BCUT2D eigenvalue weighted by molar-refractivity contribution is 5.98. The van der Waals surface area contributed by atoms with Crippen molar-refractivity contribution in [1.82, 2.24) is 14.3 Å².